The fourth-order valence-electron chi connectivity index (χ4n) is 2.70. The maximum Gasteiger partial charge on any atom is 0.304 e. The SMILES string of the molecule is COc1cc(CN2CCCC2CC(=O)O)ccc1C#N. The average molecular weight is 274 g/mol. The zero-order valence-corrected chi connectivity index (χ0v) is 11.5. The van der Waals surface area contributed by atoms with E-state index in [4.69, 9.17) is 15.1 Å². The summed E-state index contributed by atoms with van der Waals surface area (Å²) >= 11 is 0. The second-order valence-corrected chi connectivity index (χ2v) is 5.01. The molecule has 106 valence electrons. The molecule has 20 heavy (non-hydrogen) atoms. The normalized spacial score (nSPS) is 18.7. The van der Waals surface area contributed by atoms with Gasteiger partial charge in [-0.2, -0.15) is 5.26 Å². The minimum Gasteiger partial charge on any atom is -0.495 e. The molecule has 1 aliphatic heterocycles. The van der Waals surface area contributed by atoms with Crippen molar-refractivity contribution >= 4 is 5.97 Å². The van der Waals surface area contributed by atoms with Gasteiger partial charge in [-0.3, -0.25) is 9.69 Å². The van der Waals surface area contributed by atoms with Gasteiger partial charge in [0.05, 0.1) is 19.1 Å². The van der Waals surface area contributed by atoms with Gasteiger partial charge in [0.25, 0.3) is 0 Å². The molecule has 1 heterocycles. The second kappa shape index (κ2) is 6.40. The quantitative estimate of drug-likeness (QED) is 0.889. The Balaban J connectivity index is 2.09. The molecule has 5 nitrogen and oxygen atoms in total. The molecule has 1 aromatic rings. The highest BCUT2D eigenvalue weighted by atomic mass is 16.5. The summed E-state index contributed by atoms with van der Waals surface area (Å²) in [6, 6.07) is 7.69. The predicted molar refractivity (Wildman–Crippen MR) is 73.4 cm³/mol. The lowest BCUT2D eigenvalue weighted by atomic mass is 10.1. The maximum atomic E-state index is 10.9. The van der Waals surface area contributed by atoms with Crippen molar-refractivity contribution < 1.29 is 14.6 Å². The molecule has 1 fully saturated rings. The third-order valence-corrected chi connectivity index (χ3v) is 3.68. The van der Waals surface area contributed by atoms with Gasteiger partial charge < -0.3 is 9.84 Å². The highest BCUT2D eigenvalue weighted by Gasteiger charge is 2.26. The molecular formula is C15H18N2O3. The molecule has 0 aliphatic carbocycles. The van der Waals surface area contributed by atoms with E-state index < -0.39 is 5.97 Å². The van der Waals surface area contributed by atoms with Crippen LogP contribution >= 0.6 is 0 Å². The van der Waals surface area contributed by atoms with Crippen molar-refractivity contribution in [1.29, 1.82) is 5.26 Å². The Bertz CT molecular complexity index is 536. The fraction of sp³-hybridized carbons (Fsp3) is 0.467. The molecular weight excluding hydrogens is 256 g/mol. The average Bonchev–Trinajstić information content (AvgIpc) is 2.85. The Morgan fingerprint density at radius 1 is 1.60 bits per heavy atom. The van der Waals surface area contributed by atoms with Crippen LogP contribution in [0, 0.1) is 11.3 Å². The first-order valence-corrected chi connectivity index (χ1v) is 6.67. The van der Waals surface area contributed by atoms with Crippen LogP contribution in [0.3, 0.4) is 0 Å². The van der Waals surface area contributed by atoms with Gasteiger partial charge >= 0.3 is 5.97 Å². The number of nitriles is 1. The Hall–Kier alpha value is -2.06. The van der Waals surface area contributed by atoms with Crippen LogP contribution in [0.5, 0.6) is 5.75 Å². The van der Waals surface area contributed by atoms with Crippen molar-refractivity contribution in [3.8, 4) is 11.8 Å². The van der Waals surface area contributed by atoms with E-state index in [1.54, 1.807) is 13.2 Å². The molecule has 5 heteroatoms. The van der Waals surface area contributed by atoms with Crippen molar-refractivity contribution in [2.75, 3.05) is 13.7 Å². The Morgan fingerprint density at radius 3 is 3.05 bits per heavy atom. The van der Waals surface area contributed by atoms with E-state index in [0.29, 0.717) is 17.9 Å². The molecule has 1 aliphatic rings. The van der Waals surface area contributed by atoms with E-state index in [9.17, 15) is 4.79 Å². The molecule has 1 aromatic carbocycles. The minimum absolute atomic E-state index is 0.106. The standard InChI is InChI=1S/C15H18N2O3/c1-20-14-7-11(4-5-12(14)9-16)10-17-6-2-3-13(17)8-15(18)19/h4-5,7,13H,2-3,6,8,10H2,1H3,(H,18,19). The van der Waals surface area contributed by atoms with Crippen molar-refractivity contribution in [2.24, 2.45) is 0 Å². The van der Waals surface area contributed by atoms with Gasteiger partial charge in [0, 0.05) is 12.6 Å². The van der Waals surface area contributed by atoms with Crippen LogP contribution in [0.4, 0.5) is 0 Å². The van der Waals surface area contributed by atoms with Gasteiger partial charge in [-0.15, -0.1) is 0 Å². The van der Waals surface area contributed by atoms with Gasteiger partial charge in [-0.1, -0.05) is 6.07 Å². The predicted octanol–water partition coefficient (Wildman–Crippen LogP) is 2.01. The Morgan fingerprint density at radius 2 is 2.40 bits per heavy atom. The molecule has 1 saturated heterocycles. The highest BCUT2D eigenvalue weighted by Crippen LogP contribution is 2.25. The van der Waals surface area contributed by atoms with Gasteiger partial charge in [-0.05, 0) is 37.1 Å². The maximum absolute atomic E-state index is 10.9. The van der Waals surface area contributed by atoms with Crippen LogP contribution in [-0.4, -0.2) is 35.7 Å². The van der Waals surface area contributed by atoms with E-state index in [2.05, 4.69) is 11.0 Å². The van der Waals surface area contributed by atoms with Crippen LogP contribution in [-0.2, 0) is 11.3 Å². The summed E-state index contributed by atoms with van der Waals surface area (Å²) < 4.78 is 5.20. The summed E-state index contributed by atoms with van der Waals surface area (Å²) in [5.74, 6) is -0.182. The number of nitrogens with zero attached hydrogens (tertiary/aromatic N) is 2. The number of hydrogen-bond acceptors (Lipinski definition) is 4. The second-order valence-electron chi connectivity index (χ2n) is 5.01. The van der Waals surface area contributed by atoms with Gasteiger partial charge in [0.2, 0.25) is 0 Å². The largest absolute Gasteiger partial charge is 0.495 e. The van der Waals surface area contributed by atoms with E-state index in [0.717, 1.165) is 24.9 Å². The number of benzene rings is 1. The molecule has 1 unspecified atom stereocenters. The van der Waals surface area contributed by atoms with Crippen molar-refractivity contribution in [2.45, 2.75) is 31.8 Å². The number of likely N-dealkylation sites (tertiary alicyclic amines) is 1. The zero-order chi connectivity index (χ0) is 14.5. The fourth-order valence-corrected chi connectivity index (χ4v) is 2.70. The van der Waals surface area contributed by atoms with Crippen LogP contribution < -0.4 is 4.74 Å². The van der Waals surface area contributed by atoms with Crippen molar-refractivity contribution in [1.82, 2.24) is 4.90 Å². The molecule has 0 spiro atoms. The Labute approximate surface area is 118 Å². The van der Waals surface area contributed by atoms with E-state index >= 15 is 0 Å². The summed E-state index contributed by atoms with van der Waals surface area (Å²) in [4.78, 5) is 13.0. The molecule has 0 aromatic heterocycles. The van der Waals surface area contributed by atoms with Gasteiger partial charge in [0.1, 0.15) is 11.8 Å². The summed E-state index contributed by atoms with van der Waals surface area (Å²) in [6.07, 6.45) is 2.15. The summed E-state index contributed by atoms with van der Waals surface area (Å²) in [5.41, 5.74) is 1.55. The van der Waals surface area contributed by atoms with E-state index in [1.165, 1.54) is 0 Å². The van der Waals surface area contributed by atoms with E-state index in [1.807, 2.05) is 12.1 Å². The first-order chi connectivity index (χ1) is 9.63. The number of carboxylic acid groups (broad SMARTS) is 1. The summed E-state index contributed by atoms with van der Waals surface area (Å²) in [5, 5.41) is 17.9. The number of hydrogen-bond donors (Lipinski definition) is 1. The minimum atomic E-state index is -0.751. The van der Waals surface area contributed by atoms with Crippen molar-refractivity contribution in [3.05, 3.63) is 29.3 Å². The Kier molecular flexibility index (Phi) is 4.59. The molecule has 1 atom stereocenters. The molecule has 0 radical (unpaired) electrons. The summed E-state index contributed by atoms with van der Waals surface area (Å²) in [6.45, 7) is 1.61. The van der Waals surface area contributed by atoms with E-state index in [-0.39, 0.29) is 12.5 Å². The monoisotopic (exact) mass is 274 g/mol. The molecule has 0 saturated carbocycles. The number of ether oxygens (including phenoxy) is 1. The number of aliphatic carboxylic acids is 1. The third kappa shape index (κ3) is 3.28. The molecule has 1 N–H and O–H groups in total. The van der Waals surface area contributed by atoms with Crippen LogP contribution in [0.1, 0.15) is 30.4 Å². The first-order valence-electron chi connectivity index (χ1n) is 6.67. The number of methoxy groups -OCH3 is 1. The highest BCUT2D eigenvalue weighted by molar-refractivity contribution is 5.67. The smallest absolute Gasteiger partial charge is 0.304 e. The lowest BCUT2D eigenvalue weighted by Gasteiger charge is -2.23. The summed E-state index contributed by atoms with van der Waals surface area (Å²) in [7, 11) is 1.54. The van der Waals surface area contributed by atoms with Gasteiger partial charge in [-0.25, -0.2) is 0 Å². The lowest BCUT2D eigenvalue weighted by molar-refractivity contribution is -0.138. The first kappa shape index (κ1) is 14.4. The van der Waals surface area contributed by atoms with Gasteiger partial charge in [0.15, 0.2) is 0 Å². The molecule has 2 rings (SSSR count). The molecule has 0 bridgehead atoms. The topological polar surface area (TPSA) is 73.6 Å². The van der Waals surface area contributed by atoms with Crippen LogP contribution in [0.15, 0.2) is 18.2 Å². The molecule has 0 amide bonds. The third-order valence-electron chi connectivity index (χ3n) is 3.68. The lowest BCUT2D eigenvalue weighted by Crippen LogP contribution is -2.30. The number of carbonyl (C=O) groups is 1. The van der Waals surface area contributed by atoms with Crippen molar-refractivity contribution in [3.63, 3.8) is 0 Å². The van der Waals surface area contributed by atoms with Crippen LogP contribution in [0.2, 0.25) is 0 Å². The van der Waals surface area contributed by atoms with Crippen LogP contribution in [0.25, 0.3) is 0 Å². The zero-order valence-electron chi connectivity index (χ0n) is 11.5. The number of carboxylic acids is 1. The number of rotatable bonds is 5.